The van der Waals surface area contributed by atoms with Gasteiger partial charge in [0.25, 0.3) is 0 Å². The fourth-order valence-electron chi connectivity index (χ4n) is 3.52. The Hall–Kier alpha value is -2.24. The number of ether oxygens (including phenoxy) is 1. The van der Waals surface area contributed by atoms with E-state index in [1.54, 1.807) is 19.0 Å². The Balaban J connectivity index is 2.13. The van der Waals surface area contributed by atoms with Gasteiger partial charge in [0.15, 0.2) is 0 Å². The number of benzene rings is 1. The lowest BCUT2D eigenvalue weighted by Crippen LogP contribution is -2.44. The average molecular weight is 390 g/mol. The predicted molar refractivity (Wildman–Crippen MR) is 112 cm³/mol. The van der Waals surface area contributed by atoms with Crippen molar-refractivity contribution in [2.45, 2.75) is 65.1 Å². The highest BCUT2D eigenvalue weighted by Crippen LogP contribution is 2.34. The van der Waals surface area contributed by atoms with Crippen LogP contribution in [0.3, 0.4) is 0 Å². The third-order valence-electron chi connectivity index (χ3n) is 4.94. The molecule has 0 saturated carbocycles. The molecule has 0 aliphatic carbocycles. The van der Waals surface area contributed by atoms with Crippen LogP contribution in [-0.4, -0.2) is 54.1 Å². The van der Waals surface area contributed by atoms with Gasteiger partial charge in [0.2, 0.25) is 5.91 Å². The lowest BCUT2D eigenvalue weighted by molar-refractivity contribution is -0.129. The number of hydrogen-bond acceptors (Lipinski definition) is 4. The maximum absolute atomic E-state index is 12.7. The van der Waals surface area contributed by atoms with Gasteiger partial charge in [0, 0.05) is 26.3 Å². The van der Waals surface area contributed by atoms with Crippen LogP contribution in [0.2, 0.25) is 0 Å². The van der Waals surface area contributed by atoms with Crippen molar-refractivity contribution < 1.29 is 14.3 Å². The summed E-state index contributed by atoms with van der Waals surface area (Å²) in [4.78, 5) is 28.2. The Morgan fingerprint density at radius 1 is 1.18 bits per heavy atom. The topological polar surface area (TPSA) is 61.9 Å². The molecule has 1 aromatic rings. The van der Waals surface area contributed by atoms with Crippen LogP contribution in [0.15, 0.2) is 24.3 Å². The van der Waals surface area contributed by atoms with Gasteiger partial charge in [-0.15, -0.1) is 0 Å². The van der Waals surface area contributed by atoms with Crippen molar-refractivity contribution >= 4 is 17.7 Å². The van der Waals surface area contributed by atoms with Crippen LogP contribution in [0.25, 0.3) is 0 Å². The second kappa shape index (κ2) is 8.84. The molecule has 28 heavy (non-hydrogen) atoms. The molecule has 1 aliphatic rings. The summed E-state index contributed by atoms with van der Waals surface area (Å²) in [5, 5.41) is 3.23. The van der Waals surface area contributed by atoms with Gasteiger partial charge >= 0.3 is 6.09 Å². The van der Waals surface area contributed by atoms with Gasteiger partial charge in [0.1, 0.15) is 11.6 Å². The molecule has 1 N–H and O–H groups in total. The molecule has 2 amide bonds. The predicted octanol–water partition coefficient (Wildman–Crippen LogP) is 4.28. The summed E-state index contributed by atoms with van der Waals surface area (Å²) in [5.74, 6) is 0.490. The van der Waals surface area contributed by atoms with E-state index in [1.165, 1.54) is 0 Å². The van der Waals surface area contributed by atoms with Crippen molar-refractivity contribution in [2.75, 3.05) is 26.0 Å². The number of nitrogens with one attached hydrogen (secondary N) is 1. The molecule has 2 rings (SSSR count). The third kappa shape index (κ3) is 5.88. The average Bonchev–Trinajstić information content (AvgIpc) is 2.60. The first-order chi connectivity index (χ1) is 13.0. The van der Waals surface area contributed by atoms with Gasteiger partial charge in [-0.3, -0.25) is 4.79 Å². The van der Waals surface area contributed by atoms with Crippen LogP contribution in [0.1, 0.15) is 59.1 Å². The fraction of sp³-hybridized carbons (Fsp3) is 0.636. The summed E-state index contributed by atoms with van der Waals surface area (Å²) in [5.41, 5.74) is 1.47. The first kappa shape index (κ1) is 22.1. The van der Waals surface area contributed by atoms with Crippen molar-refractivity contribution in [2.24, 2.45) is 5.92 Å². The molecule has 0 radical (unpaired) electrons. The lowest BCUT2D eigenvalue weighted by Gasteiger charge is -2.39. The Bertz CT molecular complexity index is 679. The zero-order valence-corrected chi connectivity index (χ0v) is 18.3. The van der Waals surface area contributed by atoms with Gasteiger partial charge in [-0.05, 0) is 64.2 Å². The minimum atomic E-state index is -0.509. The molecule has 0 bridgehead atoms. The molecule has 1 saturated heterocycles. The van der Waals surface area contributed by atoms with Crippen molar-refractivity contribution in [1.82, 2.24) is 9.80 Å². The Morgan fingerprint density at radius 2 is 1.79 bits per heavy atom. The SMILES string of the molecule is C[C@H]1CC[C@@H](c2ccc(N[C@H](C)C(=O)N(C)C)cc2)N(C(=O)OC(C)(C)C)C1. The van der Waals surface area contributed by atoms with Crippen LogP contribution in [-0.2, 0) is 9.53 Å². The quantitative estimate of drug-likeness (QED) is 0.835. The Morgan fingerprint density at radius 3 is 2.32 bits per heavy atom. The van der Waals surface area contributed by atoms with Crippen molar-refractivity contribution in [3.8, 4) is 0 Å². The summed E-state index contributed by atoms with van der Waals surface area (Å²) < 4.78 is 5.63. The number of carbonyl (C=O) groups excluding carboxylic acids is 2. The smallest absolute Gasteiger partial charge is 0.410 e. The summed E-state index contributed by atoms with van der Waals surface area (Å²) in [7, 11) is 3.50. The monoisotopic (exact) mass is 389 g/mol. The molecule has 0 spiro atoms. The minimum Gasteiger partial charge on any atom is -0.444 e. The van der Waals surface area contributed by atoms with E-state index >= 15 is 0 Å². The molecule has 1 heterocycles. The number of carbonyl (C=O) groups is 2. The normalized spacial score (nSPS) is 21.0. The van der Waals surface area contributed by atoms with Crippen molar-refractivity contribution in [3.63, 3.8) is 0 Å². The molecule has 156 valence electrons. The second-order valence-corrected chi connectivity index (χ2v) is 9.05. The highest BCUT2D eigenvalue weighted by molar-refractivity contribution is 5.83. The largest absolute Gasteiger partial charge is 0.444 e. The van der Waals surface area contributed by atoms with E-state index in [9.17, 15) is 9.59 Å². The minimum absolute atomic E-state index is 0.0148. The molecule has 3 atom stereocenters. The van der Waals surface area contributed by atoms with Gasteiger partial charge in [-0.1, -0.05) is 19.1 Å². The van der Waals surface area contributed by atoms with E-state index in [-0.39, 0.29) is 24.1 Å². The van der Waals surface area contributed by atoms with Crippen LogP contribution in [0, 0.1) is 5.92 Å². The standard InChI is InChI=1S/C22H35N3O3/c1-15-8-13-19(25(14-15)21(27)28-22(3,4)5)17-9-11-18(12-10-17)23-16(2)20(26)24(6)7/h9-12,15-16,19,23H,8,13-14H2,1-7H3/t15-,16+,19-/m0/s1. The lowest BCUT2D eigenvalue weighted by atomic mass is 9.90. The molecule has 6 nitrogen and oxygen atoms in total. The van der Waals surface area contributed by atoms with Gasteiger partial charge in [-0.25, -0.2) is 4.79 Å². The number of likely N-dealkylation sites (tertiary alicyclic amines) is 1. The van der Waals surface area contributed by atoms with Crippen LogP contribution < -0.4 is 5.32 Å². The number of nitrogens with zero attached hydrogens (tertiary/aromatic N) is 2. The first-order valence-corrected chi connectivity index (χ1v) is 10.0. The molecular formula is C22H35N3O3. The number of amides is 2. The number of piperidine rings is 1. The Labute approximate surface area is 169 Å². The second-order valence-electron chi connectivity index (χ2n) is 9.05. The van der Waals surface area contributed by atoms with Crippen LogP contribution >= 0.6 is 0 Å². The molecule has 0 aromatic heterocycles. The maximum Gasteiger partial charge on any atom is 0.410 e. The number of hydrogen-bond donors (Lipinski definition) is 1. The van der Waals surface area contributed by atoms with E-state index in [4.69, 9.17) is 4.74 Å². The van der Waals surface area contributed by atoms with Crippen molar-refractivity contribution in [3.05, 3.63) is 29.8 Å². The van der Waals surface area contributed by atoms with E-state index in [2.05, 4.69) is 12.2 Å². The highest BCUT2D eigenvalue weighted by atomic mass is 16.6. The zero-order valence-electron chi connectivity index (χ0n) is 18.3. The number of likely N-dealkylation sites (N-methyl/N-ethyl adjacent to an activating group) is 1. The van der Waals surface area contributed by atoms with Gasteiger partial charge < -0.3 is 19.9 Å². The maximum atomic E-state index is 12.7. The number of rotatable bonds is 4. The van der Waals surface area contributed by atoms with Crippen molar-refractivity contribution in [1.29, 1.82) is 0 Å². The summed E-state index contributed by atoms with van der Waals surface area (Å²) in [6, 6.07) is 7.73. The van der Waals surface area contributed by atoms with E-state index in [0.29, 0.717) is 12.5 Å². The van der Waals surface area contributed by atoms with Gasteiger partial charge in [-0.2, -0.15) is 0 Å². The molecule has 1 aromatic carbocycles. The Kier molecular flexibility index (Phi) is 6.96. The highest BCUT2D eigenvalue weighted by Gasteiger charge is 2.33. The van der Waals surface area contributed by atoms with Gasteiger partial charge in [0.05, 0.1) is 6.04 Å². The molecule has 1 fully saturated rings. The van der Waals surface area contributed by atoms with Crippen LogP contribution in [0.4, 0.5) is 10.5 Å². The number of anilines is 1. The van der Waals surface area contributed by atoms with Crippen LogP contribution in [0.5, 0.6) is 0 Å². The first-order valence-electron chi connectivity index (χ1n) is 10.0. The van der Waals surface area contributed by atoms with E-state index < -0.39 is 5.60 Å². The summed E-state index contributed by atoms with van der Waals surface area (Å²) in [6.07, 6.45) is 1.75. The summed E-state index contributed by atoms with van der Waals surface area (Å²) in [6.45, 7) is 10.4. The summed E-state index contributed by atoms with van der Waals surface area (Å²) >= 11 is 0. The molecule has 6 heteroatoms. The molecular weight excluding hydrogens is 354 g/mol. The zero-order chi connectivity index (χ0) is 21.1. The van der Waals surface area contributed by atoms with E-state index in [1.807, 2.05) is 56.9 Å². The molecule has 1 aliphatic heterocycles. The van der Waals surface area contributed by atoms with E-state index in [0.717, 1.165) is 24.1 Å². The fourth-order valence-corrected chi connectivity index (χ4v) is 3.52. The molecule has 0 unspecified atom stereocenters. The third-order valence-corrected chi connectivity index (χ3v) is 4.94.